The minimum atomic E-state index is -0.627. The fourth-order valence-electron chi connectivity index (χ4n) is 4.33. The summed E-state index contributed by atoms with van der Waals surface area (Å²) in [6.07, 6.45) is 8.62. The van der Waals surface area contributed by atoms with E-state index in [-0.39, 0.29) is 29.1 Å². The molecule has 0 aromatic carbocycles. The molecule has 1 aliphatic carbocycles. The molecule has 7 heteroatoms. The number of unbranched alkanes of at least 4 members (excludes halogenated alkanes) is 4. The van der Waals surface area contributed by atoms with E-state index in [1.807, 2.05) is 0 Å². The van der Waals surface area contributed by atoms with Crippen LogP contribution in [0.2, 0.25) is 0 Å². The molecule has 5 atom stereocenters. The molecule has 2 radical (unpaired) electrons. The van der Waals surface area contributed by atoms with Gasteiger partial charge >= 0.3 is 0 Å². The maximum atomic E-state index is 12.8. The average molecular weight is 509 g/mol. The largest absolute Gasteiger partial charge is 0.360 e. The van der Waals surface area contributed by atoms with Gasteiger partial charge in [-0.1, -0.05) is 64.5 Å². The van der Waals surface area contributed by atoms with Crippen molar-refractivity contribution < 1.29 is 14.5 Å². The Hall–Kier alpha value is -0.0100. The molecule has 3 fully saturated rings. The highest BCUT2D eigenvalue weighted by Gasteiger charge is 2.50. The fourth-order valence-corrected chi connectivity index (χ4v) is 5.73. The number of carbonyl (C=O) groups is 1. The maximum Gasteiger partial charge on any atom is 0.213 e. The highest BCUT2D eigenvalue weighted by molar-refractivity contribution is 9.09. The van der Waals surface area contributed by atoms with E-state index in [2.05, 4.69) is 38.8 Å². The van der Waals surface area contributed by atoms with Crippen LogP contribution in [0.3, 0.4) is 0 Å². The van der Waals surface area contributed by atoms with E-state index in [1.54, 1.807) is 0 Å². The van der Waals surface area contributed by atoms with Gasteiger partial charge in [-0.3, -0.25) is 14.9 Å². The molecule has 154 valence electrons. The fraction of sp³-hybridized carbons (Fsp3) is 0.850. The molecule has 3 aliphatic rings. The topological polar surface area (TPSA) is 69.4 Å². The van der Waals surface area contributed by atoms with Gasteiger partial charge < -0.3 is 4.74 Å². The third-order valence-corrected chi connectivity index (χ3v) is 7.68. The molecule has 0 aromatic rings. The molecular weight excluding hydrogens is 478 g/mol. The zero-order chi connectivity index (χ0) is 19.8. The molecule has 3 rings (SSSR count). The lowest BCUT2D eigenvalue weighted by Crippen LogP contribution is -2.50. The zero-order valence-corrected chi connectivity index (χ0v) is 19.1. The van der Waals surface area contributed by atoms with Crippen molar-refractivity contribution in [1.82, 2.24) is 0 Å². The predicted octanol–water partition coefficient (Wildman–Crippen LogP) is 5.52. The van der Waals surface area contributed by atoms with Crippen LogP contribution in [-0.4, -0.2) is 33.5 Å². The smallest absolute Gasteiger partial charge is 0.213 e. The Balaban J connectivity index is 1.83. The van der Waals surface area contributed by atoms with Gasteiger partial charge in [-0.25, -0.2) is 0 Å². The number of hydrogen-bond acceptors (Lipinski definition) is 4. The highest BCUT2D eigenvalue weighted by Crippen LogP contribution is 2.49. The van der Waals surface area contributed by atoms with E-state index in [0.717, 1.165) is 55.6 Å². The Morgan fingerprint density at radius 2 is 1.85 bits per heavy atom. The summed E-state index contributed by atoms with van der Waals surface area (Å²) in [5, 5.41) is 13.1. The van der Waals surface area contributed by atoms with E-state index in [1.165, 1.54) is 0 Å². The molecule has 5 unspecified atom stereocenters. The van der Waals surface area contributed by atoms with E-state index in [0.29, 0.717) is 30.8 Å². The van der Waals surface area contributed by atoms with Crippen LogP contribution in [0.4, 0.5) is 0 Å². The molecule has 0 spiro atoms. The van der Waals surface area contributed by atoms with Crippen molar-refractivity contribution in [2.24, 2.45) is 17.8 Å². The zero-order valence-electron chi connectivity index (χ0n) is 15.9. The molecule has 0 N–H and O–H groups in total. The number of nitrogens with zero attached hydrogens (tertiary/aromatic N) is 1. The third kappa shape index (κ3) is 6.49. The summed E-state index contributed by atoms with van der Waals surface area (Å²) in [6.45, 7) is 3.81. The van der Waals surface area contributed by atoms with E-state index < -0.39 is 6.04 Å². The molecule has 2 aliphatic heterocycles. The summed E-state index contributed by atoms with van der Waals surface area (Å²) < 4.78 is 6.04. The molecule has 2 heterocycles. The van der Waals surface area contributed by atoms with Gasteiger partial charge in [0.2, 0.25) is 6.04 Å². The number of rotatable bonds is 13. The molecule has 2 bridgehead atoms. The summed E-state index contributed by atoms with van der Waals surface area (Å²) >= 11 is 7.13. The third-order valence-electron chi connectivity index (χ3n) is 6.01. The molecule has 0 aromatic heterocycles. The number of fused-ring (bicyclic) bond motifs is 3. The van der Waals surface area contributed by atoms with E-state index >= 15 is 0 Å². The minimum absolute atomic E-state index is 0.0208. The molecule has 2 saturated heterocycles. The molecule has 27 heavy (non-hydrogen) atoms. The molecular formula is C20H31Br2NO4. The number of alkyl halides is 2. The second kappa shape index (κ2) is 11.9. The van der Waals surface area contributed by atoms with Crippen LogP contribution in [0.1, 0.15) is 64.2 Å². The Morgan fingerprint density at radius 1 is 1.15 bits per heavy atom. The Kier molecular flexibility index (Phi) is 10.2. The second-order valence-electron chi connectivity index (χ2n) is 7.88. The normalized spacial score (nSPS) is 29.0. The van der Waals surface area contributed by atoms with E-state index in [4.69, 9.17) is 4.74 Å². The maximum absolute atomic E-state index is 12.8. The second-order valence-corrected chi connectivity index (χ2v) is 9.18. The Labute approximate surface area is 179 Å². The van der Waals surface area contributed by atoms with Gasteiger partial charge in [0.15, 0.2) is 11.9 Å². The summed E-state index contributed by atoms with van der Waals surface area (Å²) in [5.41, 5.74) is 0. The van der Waals surface area contributed by atoms with Crippen molar-refractivity contribution >= 4 is 37.6 Å². The number of ketones is 1. The van der Waals surface area contributed by atoms with Crippen molar-refractivity contribution in [3.63, 3.8) is 0 Å². The first kappa shape index (κ1) is 23.3. The van der Waals surface area contributed by atoms with Gasteiger partial charge in [0.1, 0.15) is 0 Å². The lowest BCUT2D eigenvalue weighted by Gasteiger charge is -2.49. The summed E-state index contributed by atoms with van der Waals surface area (Å²) in [6, 6.07) is -0.627. The monoisotopic (exact) mass is 507 g/mol. The van der Waals surface area contributed by atoms with Crippen LogP contribution >= 0.6 is 31.9 Å². The lowest BCUT2D eigenvalue weighted by atomic mass is 9.67. The molecule has 5 nitrogen and oxygen atoms in total. The van der Waals surface area contributed by atoms with Gasteiger partial charge in [-0.15, -0.1) is 0 Å². The summed E-state index contributed by atoms with van der Waals surface area (Å²) in [4.78, 5) is 23.9. The quantitative estimate of drug-likeness (QED) is 0.142. The average Bonchev–Trinajstić information content (AvgIpc) is 2.68. The standard InChI is InChI=1S/C20H31Br2NO4/c1-2-3-4-5-6-7-16(23(25)26)8-9-18(24)20-17-10-15(13-22)19(27-20)11-14(17)12-21/h14-17,19H,1-13H2. The number of ether oxygens (including phenoxy) is 1. The Morgan fingerprint density at radius 3 is 2.44 bits per heavy atom. The van der Waals surface area contributed by atoms with Crippen molar-refractivity contribution in [2.45, 2.75) is 76.4 Å². The van der Waals surface area contributed by atoms with Crippen LogP contribution in [-0.2, 0) is 9.53 Å². The van der Waals surface area contributed by atoms with Crippen LogP contribution in [0.15, 0.2) is 0 Å². The van der Waals surface area contributed by atoms with Crippen LogP contribution in [0.25, 0.3) is 0 Å². The first-order valence-corrected chi connectivity index (χ1v) is 12.4. The van der Waals surface area contributed by atoms with Crippen LogP contribution in [0.5, 0.6) is 0 Å². The van der Waals surface area contributed by atoms with Gasteiger partial charge in [-0.2, -0.15) is 0 Å². The van der Waals surface area contributed by atoms with Crippen molar-refractivity contribution in [3.05, 3.63) is 23.1 Å². The number of Topliss-reactive ketones (excluding diaryl/α,β-unsaturated/α-hetero) is 1. The van der Waals surface area contributed by atoms with Gasteiger partial charge in [0.05, 0.1) is 6.10 Å². The number of carbonyl (C=O) groups excluding carboxylic acids is 1. The lowest BCUT2D eigenvalue weighted by molar-refractivity contribution is -0.524. The first-order valence-electron chi connectivity index (χ1n) is 10.1. The first-order chi connectivity index (χ1) is 13.0. The summed E-state index contributed by atoms with van der Waals surface area (Å²) in [7, 11) is 0. The van der Waals surface area contributed by atoms with Gasteiger partial charge in [0, 0.05) is 40.8 Å². The Bertz CT molecular complexity index is 491. The van der Waals surface area contributed by atoms with Gasteiger partial charge in [0.25, 0.3) is 0 Å². The number of hydrogen-bond donors (Lipinski definition) is 0. The van der Waals surface area contributed by atoms with E-state index in [9.17, 15) is 14.9 Å². The predicted molar refractivity (Wildman–Crippen MR) is 113 cm³/mol. The molecule has 0 amide bonds. The van der Waals surface area contributed by atoms with Crippen molar-refractivity contribution in [3.8, 4) is 0 Å². The SMILES string of the molecule is [CH2]CCCCCCC(CCC(=O)[C]1OC2CC(CBr)C1CC2CBr)[N+](=O)[O-]. The van der Waals surface area contributed by atoms with Crippen LogP contribution < -0.4 is 0 Å². The van der Waals surface area contributed by atoms with Crippen LogP contribution in [0, 0.1) is 40.9 Å². The van der Waals surface area contributed by atoms with Crippen molar-refractivity contribution in [1.29, 1.82) is 0 Å². The van der Waals surface area contributed by atoms with Gasteiger partial charge in [-0.05, 0) is 31.1 Å². The summed E-state index contributed by atoms with van der Waals surface area (Å²) in [5.74, 6) is 1.01. The number of halogens is 2. The minimum Gasteiger partial charge on any atom is -0.360 e. The molecule has 1 saturated carbocycles. The van der Waals surface area contributed by atoms with Crippen molar-refractivity contribution in [2.75, 3.05) is 10.7 Å². The highest BCUT2D eigenvalue weighted by atomic mass is 79.9. The number of nitro groups is 1.